The molecule has 20 heavy (non-hydrogen) atoms. The van der Waals surface area contributed by atoms with Crippen LogP contribution in [0.2, 0.25) is 0 Å². The minimum atomic E-state index is 0. The lowest BCUT2D eigenvalue weighted by atomic mass is 10.1. The van der Waals surface area contributed by atoms with Crippen LogP contribution in [-0.4, -0.2) is 63.5 Å². The highest BCUT2D eigenvalue weighted by atomic mass is 127. The van der Waals surface area contributed by atoms with Gasteiger partial charge in [-0.15, -0.1) is 24.0 Å². The fourth-order valence-electron chi connectivity index (χ4n) is 2.40. The Morgan fingerprint density at radius 1 is 1.20 bits per heavy atom. The minimum absolute atomic E-state index is 0. The molecule has 0 aromatic rings. The molecule has 1 aliphatic heterocycles. The molecule has 0 bridgehead atoms. The highest BCUT2D eigenvalue weighted by Crippen LogP contribution is 2.20. The van der Waals surface area contributed by atoms with E-state index in [2.05, 4.69) is 15.2 Å². The smallest absolute Gasteiger partial charge is 0.193 e. The minimum Gasteiger partial charge on any atom is -0.385 e. The number of hydrogen-bond donors (Lipinski definition) is 1. The van der Waals surface area contributed by atoms with Gasteiger partial charge in [0.25, 0.3) is 0 Å². The van der Waals surface area contributed by atoms with Gasteiger partial charge in [0.1, 0.15) is 0 Å². The number of nitrogens with zero attached hydrogens (tertiary/aromatic N) is 2. The second-order valence-corrected chi connectivity index (χ2v) is 5.37. The Morgan fingerprint density at radius 2 is 1.90 bits per heavy atom. The van der Waals surface area contributed by atoms with Crippen molar-refractivity contribution in [1.29, 1.82) is 0 Å². The van der Waals surface area contributed by atoms with Crippen molar-refractivity contribution >= 4 is 29.9 Å². The van der Waals surface area contributed by atoms with Crippen molar-refractivity contribution in [3.05, 3.63) is 0 Å². The predicted octanol–water partition coefficient (Wildman–Crippen LogP) is 1.86. The number of nitrogens with one attached hydrogen (secondary N) is 1. The number of aliphatic imine (C=N–C) groups is 1. The summed E-state index contributed by atoms with van der Waals surface area (Å²) in [5, 5.41) is 3.50. The summed E-state index contributed by atoms with van der Waals surface area (Å²) < 4.78 is 10.9. The first-order valence-electron chi connectivity index (χ1n) is 7.42. The highest BCUT2D eigenvalue weighted by molar-refractivity contribution is 14.0. The summed E-state index contributed by atoms with van der Waals surface area (Å²) in [4.78, 5) is 6.73. The zero-order valence-corrected chi connectivity index (χ0v) is 15.0. The van der Waals surface area contributed by atoms with Crippen LogP contribution in [0.15, 0.2) is 4.99 Å². The summed E-state index contributed by atoms with van der Waals surface area (Å²) in [6.45, 7) is 3.69. The Balaban J connectivity index is 0.00000200. The van der Waals surface area contributed by atoms with Crippen molar-refractivity contribution in [1.82, 2.24) is 10.2 Å². The fraction of sp³-hybridized carbons (Fsp3) is 0.929. The van der Waals surface area contributed by atoms with Crippen LogP contribution in [0.25, 0.3) is 0 Å². The average molecular weight is 397 g/mol. The maximum atomic E-state index is 5.87. The van der Waals surface area contributed by atoms with Gasteiger partial charge < -0.3 is 19.7 Å². The zero-order chi connectivity index (χ0) is 13.5. The Morgan fingerprint density at radius 3 is 2.45 bits per heavy atom. The van der Waals surface area contributed by atoms with Crippen molar-refractivity contribution in [3.63, 3.8) is 0 Å². The summed E-state index contributed by atoms with van der Waals surface area (Å²) in [6, 6.07) is 0.668. The molecule has 0 radical (unpaired) electrons. The van der Waals surface area contributed by atoms with Gasteiger partial charge in [0.15, 0.2) is 5.96 Å². The predicted molar refractivity (Wildman–Crippen MR) is 92.0 cm³/mol. The molecule has 0 aromatic heterocycles. The number of hydrogen-bond acceptors (Lipinski definition) is 3. The SMILES string of the molecule is CN=C(NC1CC1)N1CCC(OCCCOC)CC1.I. The Kier molecular flexibility index (Phi) is 8.79. The largest absolute Gasteiger partial charge is 0.385 e. The zero-order valence-electron chi connectivity index (χ0n) is 12.6. The molecule has 2 aliphatic rings. The van der Waals surface area contributed by atoms with Crippen molar-refractivity contribution < 1.29 is 9.47 Å². The van der Waals surface area contributed by atoms with Crippen LogP contribution < -0.4 is 5.32 Å². The van der Waals surface area contributed by atoms with Crippen LogP contribution in [0.5, 0.6) is 0 Å². The second kappa shape index (κ2) is 9.78. The van der Waals surface area contributed by atoms with E-state index < -0.39 is 0 Å². The summed E-state index contributed by atoms with van der Waals surface area (Å²) in [6.07, 6.45) is 6.17. The number of guanidine groups is 1. The molecular weight excluding hydrogens is 369 g/mol. The molecule has 1 aliphatic carbocycles. The molecule has 1 heterocycles. The molecule has 6 heteroatoms. The van der Waals surface area contributed by atoms with Crippen LogP contribution in [0.1, 0.15) is 32.1 Å². The first-order valence-corrected chi connectivity index (χ1v) is 7.42. The van der Waals surface area contributed by atoms with Crippen LogP contribution >= 0.6 is 24.0 Å². The van der Waals surface area contributed by atoms with Gasteiger partial charge in [-0.1, -0.05) is 0 Å². The number of ether oxygens (including phenoxy) is 2. The molecule has 1 saturated heterocycles. The summed E-state index contributed by atoms with van der Waals surface area (Å²) in [5.74, 6) is 1.07. The molecule has 2 fully saturated rings. The van der Waals surface area contributed by atoms with E-state index >= 15 is 0 Å². The van der Waals surface area contributed by atoms with E-state index in [1.165, 1.54) is 12.8 Å². The Labute approximate surface area is 139 Å². The van der Waals surface area contributed by atoms with Crippen molar-refractivity contribution in [2.45, 2.75) is 44.2 Å². The van der Waals surface area contributed by atoms with E-state index in [0.717, 1.165) is 51.5 Å². The average Bonchev–Trinajstić information content (AvgIpc) is 3.26. The van der Waals surface area contributed by atoms with Gasteiger partial charge in [-0.05, 0) is 32.1 Å². The van der Waals surface area contributed by atoms with Crippen molar-refractivity contribution in [3.8, 4) is 0 Å². The van der Waals surface area contributed by atoms with Crippen molar-refractivity contribution in [2.75, 3.05) is 40.5 Å². The molecule has 0 unspecified atom stereocenters. The third-order valence-corrected chi connectivity index (χ3v) is 3.71. The summed E-state index contributed by atoms with van der Waals surface area (Å²) in [5.41, 5.74) is 0. The lowest BCUT2D eigenvalue weighted by molar-refractivity contribution is 0.00990. The van der Waals surface area contributed by atoms with Gasteiger partial charge in [-0.25, -0.2) is 0 Å². The van der Waals surface area contributed by atoms with Crippen LogP contribution in [0, 0.1) is 0 Å². The fourth-order valence-corrected chi connectivity index (χ4v) is 2.40. The maximum absolute atomic E-state index is 5.87. The van der Waals surface area contributed by atoms with E-state index in [-0.39, 0.29) is 24.0 Å². The summed E-state index contributed by atoms with van der Waals surface area (Å²) >= 11 is 0. The number of piperidine rings is 1. The van der Waals surface area contributed by atoms with Crippen LogP contribution in [0.3, 0.4) is 0 Å². The molecule has 0 spiro atoms. The van der Waals surface area contributed by atoms with Crippen LogP contribution in [-0.2, 0) is 9.47 Å². The molecule has 5 nitrogen and oxygen atoms in total. The van der Waals surface area contributed by atoms with Gasteiger partial charge in [-0.3, -0.25) is 4.99 Å². The Bertz CT molecular complexity index is 290. The molecule has 2 rings (SSSR count). The number of halogens is 1. The molecular formula is C14H28IN3O2. The topological polar surface area (TPSA) is 46.1 Å². The van der Waals surface area contributed by atoms with Gasteiger partial charge in [0.05, 0.1) is 6.10 Å². The lowest BCUT2D eigenvalue weighted by Gasteiger charge is -2.34. The lowest BCUT2D eigenvalue weighted by Crippen LogP contribution is -2.47. The van der Waals surface area contributed by atoms with Gasteiger partial charge in [0.2, 0.25) is 0 Å². The first kappa shape index (κ1) is 18.0. The van der Waals surface area contributed by atoms with Gasteiger partial charge in [-0.2, -0.15) is 0 Å². The highest BCUT2D eigenvalue weighted by Gasteiger charge is 2.27. The molecule has 1 saturated carbocycles. The number of methoxy groups -OCH3 is 1. The monoisotopic (exact) mass is 397 g/mol. The second-order valence-electron chi connectivity index (χ2n) is 5.37. The van der Waals surface area contributed by atoms with E-state index in [1.54, 1.807) is 7.11 Å². The van der Waals surface area contributed by atoms with Gasteiger partial charge in [0, 0.05) is 46.5 Å². The molecule has 0 atom stereocenters. The molecule has 0 aromatic carbocycles. The van der Waals surface area contributed by atoms with Crippen molar-refractivity contribution in [2.24, 2.45) is 4.99 Å². The third kappa shape index (κ3) is 6.13. The van der Waals surface area contributed by atoms with Gasteiger partial charge >= 0.3 is 0 Å². The standard InChI is InChI=1S/C14H27N3O2.HI/c1-15-14(16-12-4-5-12)17-8-6-13(7-9-17)19-11-3-10-18-2;/h12-13H,3-11H2,1-2H3,(H,15,16);1H. The molecule has 118 valence electrons. The quantitative estimate of drug-likeness (QED) is 0.322. The summed E-state index contributed by atoms with van der Waals surface area (Å²) in [7, 11) is 3.61. The van der Waals surface area contributed by atoms with E-state index in [1.807, 2.05) is 7.05 Å². The van der Waals surface area contributed by atoms with Crippen LogP contribution in [0.4, 0.5) is 0 Å². The molecule has 0 amide bonds. The number of rotatable bonds is 6. The van der Waals surface area contributed by atoms with E-state index in [9.17, 15) is 0 Å². The maximum Gasteiger partial charge on any atom is 0.193 e. The molecule has 1 N–H and O–H groups in total. The van der Waals surface area contributed by atoms with E-state index in [0.29, 0.717) is 12.1 Å². The number of likely N-dealkylation sites (tertiary alicyclic amines) is 1. The van der Waals surface area contributed by atoms with E-state index in [4.69, 9.17) is 9.47 Å². The Hall–Kier alpha value is -0.0800. The first-order chi connectivity index (χ1) is 9.33. The normalized spacial score (nSPS) is 20.7. The third-order valence-electron chi connectivity index (χ3n) is 3.71.